The summed E-state index contributed by atoms with van der Waals surface area (Å²) in [5.41, 5.74) is 0.975. The molecule has 1 N–H and O–H groups in total. The molecule has 0 radical (unpaired) electrons. The number of rotatable bonds is 4. The van der Waals surface area contributed by atoms with Gasteiger partial charge in [-0.05, 0) is 24.1 Å². The molecule has 1 aromatic carbocycles. The summed E-state index contributed by atoms with van der Waals surface area (Å²) in [4.78, 5) is 0. The minimum atomic E-state index is -0.366. The first kappa shape index (κ1) is 13.5. The lowest BCUT2D eigenvalue weighted by molar-refractivity contribution is 0.200. The van der Waals surface area contributed by atoms with E-state index in [1.54, 1.807) is 23.9 Å². The Balaban J connectivity index is 2.39. The number of halogens is 1. The Hall–Kier alpha value is -0.540. The van der Waals surface area contributed by atoms with Crippen molar-refractivity contribution < 1.29 is 9.50 Å². The largest absolute Gasteiger partial charge is 0.392 e. The number of hydrogen-bond acceptors (Lipinski definition) is 2. The van der Waals surface area contributed by atoms with Crippen LogP contribution in [-0.2, 0) is 6.42 Å². The molecule has 0 aliphatic carbocycles. The molecule has 1 rings (SSSR count). The van der Waals surface area contributed by atoms with Crippen molar-refractivity contribution in [3.8, 4) is 0 Å². The lowest BCUT2D eigenvalue weighted by atomic mass is 10.1. The molecule has 1 aromatic rings. The molecule has 1 nitrogen and oxygen atoms in total. The molecule has 0 saturated heterocycles. The fourth-order valence-corrected chi connectivity index (χ4v) is 2.11. The Bertz CT molecular complexity index is 316. The van der Waals surface area contributed by atoms with Crippen LogP contribution in [0.1, 0.15) is 26.3 Å². The van der Waals surface area contributed by atoms with Crippen molar-refractivity contribution in [2.24, 2.45) is 0 Å². The van der Waals surface area contributed by atoms with Crippen LogP contribution >= 0.6 is 11.8 Å². The third-order valence-corrected chi connectivity index (χ3v) is 3.51. The van der Waals surface area contributed by atoms with E-state index in [4.69, 9.17) is 0 Å². The topological polar surface area (TPSA) is 20.2 Å². The standard InChI is InChI=1S/C13H19FOS/c1-13(2,3)16-9-12(15)8-10-4-6-11(14)7-5-10/h4-7,12,15H,8-9H2,1-3H3. The van der Waals surface area contributed by atoms with Crippen molar-refractivity contribution >= 4 is 11.8 Å². The van der Waals surface area contributed by atoms with Gasteiger partial charge in [-0.2, -0.15) is 11.8 Å². The third kappa shape index (κ3) is 5.52. The van der Waals surface area contributed by atoms with Crippen LogP contribution in [0.15, 0.2) is 24.3 Å². The van der Waals surface area contributed by atoms with Gasteiger partial charge in [0.2, 0.25) is 0 Å². The van der Waals surface area contributed by atoms with Gasteiger partial charge in [0.25, 0.3) is 0 Å². The highest BCUT2D eigenvalue weighted by Crippen LogP contribution is 2.24. The van der Waals surface area contributed by atoms with Gasteiger partial charge in [-0.15, -0.1) is 0 Å². The van der Waals surface area contributed by atoms with Crippen molar-refractivity contribution in [2.45, 2.75) is 38.0 Å². The number of aliphatic hydroxyl groups is 1. The maximum atomic E-state index is 12.7. The number of thioether (sulfide) groups is 1. The normalized spacial score (nSPS) is 13.8. The maximum Gasteiger partial charge on any atom is 0.123 e. The van der Waals surface area contributed by atoms with Gasteiger partial charge in [-0.25, -0.2) is 4.39 Å². The molecular weight excluding hydrogens is 223 g/mol. The summed E-state index contributed by atoms with van der Waals surface area (Å²) < 4.78 is 12.8. The minimum absolute atomic E-state index is 0.170. The average Bonchev–Trinajstić information content (AvgIpc) is 2.18. The first-order chi connectivity index (χ1) is 7.37. The number of hydrogen-bond donors (Lipinski definition) is 1. The predicted molar refractivity (Wildman–Crippen MR) is 68.3 cm³/mol. The molecule has 0 heterocycles. The van der Waals surface area contributed by atoms with Crippen LogP contribution in [0.3, 0.4) is 0 Å². The Kier molecular flexibility index (Phi) is 4.81. The van der Waals surface area contributed by atoms with Gasteiger partial charge in [0, 0.05) is 10.5 Å². The lowest BCUT2D eigenvalue weighted by Crippen LogP contribution is -2.18. The molecule has 0 bridgehead atoms. The van der Waals surface area contributed by atoms with E-state index < -0.39 is 0 Å². The minimum Gasteiger partial charge on any atom is -0.392 e. The van der Waals surface area contributed by atoms with Crippen molar-refractivity contribution in [1.29, 1.82) is 0 Å². The second-order valence-electron chi connectivity index (χ2n) is 4.91. The van der Waals surface area contributed by atoms with Crippen LogP contribution in [0.2, 0.25) is 0 Å². The Morgan fingerprint density at radius 3 is 2.31 bits per heavy atom. The van der Waals surface area contributed by atoms with E-state index in [0.29, 0.717) is 12.2 Å². The van der Waals surface area contributed by atoms with Gasteiger partial charge in [0.05, 0.1) is 6.10 Å². The highest BCUT2D eigenvalue weighted by Gasteiger charge is 2.14. The third-order valence-electron chi connectivity index (χ3n) is 2.09. The van der Waals surface area contributed by atoms with Crippen molar-refractivity contribution in [3.63, 3.8) is 0 Å². The molecule has 0 aliphatic heterocycles. The smallest absolute Gasteiger partial charge is 0.123 e. The van der Waals surface area contributed by atoms with Crippen LogP contribution in [-0.4, -0.2) is 21.7 Å². The summed E-state index contributed by atoms with van der Waals surface area (Å²) in [6.45, 7) is 6.38. The van der Waals surface area contributed by atoms with Gasteiger partial charge < -0.3 is 5.11 Å². The molecule has 90 valence electrons. The van der Waals surface area contributed by atoms with E-state index in [2.05, 4.69) is 20.8 Å². The van der Waals surface area contributed by atoms with Crippen molar-refractivity contribution in [2.75, 3.05) is 5.75 Å². The fraction of sp³-hybridized carbons (Fsp3) is 0.538. The first-order valence-electron chi connectivity index (χ1n) is 5.43. The molecule has 1 unspecified atom stereocenters. The Morgan fingerprint density at radius 1 is 1.25 bits per heavy atom. The van der Waals surface area contributed by atoms with Gasteiger partial charge in [-0.3, -0.25) is 0 Å². The molecular formula is C13H19FOS. The highest BCUT2D eigenvalue weighted by molar-refractivity contribution is 8.00. The summed E-state index contributed by atoms with van der Waals surface area (Å²) in [5, 5.41) is 9.82. The maximum absolute atomic E-state index is 12.7. The fourth-order valence-electron chi connectivity index (χ4n) is 1.30. The second-order valence-corrected chi connectivity index (χ2v) is 6.75. The van der Waals surface area contributed by atoms with E-state index >= 15 is 0 Å². The molecule has 0 aliphatic rings. The molecule has 0 saturated carbocycles. The number of benzene rings is 1. The van der Waals surface area contributed by atoms with Crippen molar-refractivity contribution in [1.82, 2.24) is 0 Å². The number of aliphatic hydroxyl groups excluding tert-OH is 1. The molecule has 0 fully saturated rings. The van der Waals surface area contributed by atoms with Crippen LogP contribution in [0.5, 0.6) is 0 Å². The highest BCUT2D eigenvalue weighted by atomic mass is 32.2. The van der Waals surface area contributed by atoms with Crippen LogP contribution in [0, 0.1) is 5.82 Å². The van der Waals surface area contributed by atoms with E-state index in [1.807, 2.05) is 0 Å². The molecule has 3 heteroatoms. The van der Waals surface area contributed by atoms with Gasteiger partial charge in [0.15, 0.2) is 0 Å². The molecule has 0 amide bonds. The predicted octanol–water partition coefficient (Wildman–Crippen LogP) is 3.26. The average molecular weight is 242 g/mol. The summed E-state index contributed by atoms with van der Waals surface area (Å²) in [5.74, 6) is 0.475. The zero-order valence-corrected chi connectivity index (χ0v) is 10.9. The van der Waals surface area contributed by atoms with Crippen molar-refractivity contribution in [3.05, 3.63) is 35.6 Å². The summed E-state index contributed by atoms with van der Waals surface area (Å²) >= 11 is 1.74. The van der Waals surface area contributed by atoms with E-state index in [9.17, 15) is 9.50 Å². The summed E-state index contributed by atoms with van der Waals surface area (Å²) in [6, 6.07) is 6.30. The van der Waals surface area contributed by atoms with Crippen LogP contribution < -0.4 is 0 Å². The first-order valence-corrected chi connectivity index (χ1v) is 6.42. The zero-order valence-electron chi connectivity index (χ0n) is 10.0. The Labute approximate surface area is 101 Å². The summed E-state index contributed by atoms with van der Waals surface area (Å²) in [6.07, 6.45) is 0.221. The lowest BCUT2D eigenvalue weighted by Gasteiger charge is -2.20. The van der Waals surface area contributed by atoms with Gasteiger partial charge in [-0.1, -0.05) is 32.9 Å². The van der Waals surface area contributed by atoms with E-state index in [0.717, 1.165) is 5.56 Å². The van der Waals surface area contributed by atoms with E-state index in [-0.39, 0.29) is 16.7 Å². The molecule has 0 spiro atoms. The van der Waals surface area contributed by atoms with Gasteiger partial charge >= 0.3 is 0 Å². The SMILES string of the molecule is CC(C)(C)SCC(O)Cc1ccc(F)cc1. The molecule has 16 heavy (non-hydrogen) atoms. The molecule has 1 atom stereocenters. The second kappa shape index (κ2) is 5.69. The quantitative estimate of drug-likeness (QED) is 0.874. The zero-order chi connectivity index (χ0) is 12.2. The van der Waals surface area contributed by atoms with Crippen LogP contribution in [0.4, 0.5) is 4.39 Å². The molecule has 0 aromatic heterocycles. The Morgan fingerprint density at radius 2 is 1.81 bits per heavy atom. The van der Waals surface area contributed by atoms with E-state index in [1.165, 1.54) is 12.1 Å². The monoisotopic (exact) mass is 242 g/mol. The summed E-state index contributed by atoms with van der Waals surface area (Å²) in [7, 11) is 0. The van der Waals surface area contributed by atoms with Crippen LogP contribution in [0.25, 0.3) is 0 Å². The van der Waals surface area contributed by atoms with Gasteiger partial charge in [0.1, 0.15) is 5.82 Å².